The lowest BCUT2D eigenvalue weighted by Gasteiger charge is -2.12. The van der Waals surface area contributed by atoms with Crippen LogP contribution in [0.4, 0.5) is 0 Å². The molecule has 7 nitrogen and oxygen atoms in total. The summed E-state index contributed by atoms with van der Waals surface area (Å²) in [4.78, 5) is 28.8. The quantitative estimate of drug-likeness (QED) is 0.643. The van der Waals surface area contributed by atoms with Crippen LogP contribution in [0, 0.1) is 13.8 Å². The third kappa shape index (κ3) is 4.49. The summed E-state index contributed by atoms with van der Waals surface area (Å²) in [5.41, 5.74) is 8.55. The first-order valence-electron chi connectivity index (χ1n) is 9.19. The van der Waals surface area contributed by atoms with Crippen LogP contribution in [-0.4, -0.2) is 28.0 Å². The molecule has 0 aliphatic heterocycles. The predicted octanol–water partition coefficient (Wildman–Crippen LogP) is 2.44. The lowest BCUT2D eigenvalue weighted by atomic mass is 10.1. The van der Waals surface area contributed by atoms with Crippen molar-refractivity contribution in [2.75, 3.05) is 6.61 Å². The molecule has 0 aliphatic carbocycles. The number of nitrogens with one attached hydrogen (secondary N) is 2. The maximum absolute atomic E-state index is 12.3. The second-order valence-electron chi connectivity index (χ2n) is 6.61. The number of benzene rings is 2. The Hall–Kier alpha value is -3.35. The molecule has 0 bridgehead atoms. The Balaban J connectivity index is 1.54. The van der Waals surface area contributed by atoms with Crippen LogP contribution in [-0.2, 0) is 22.6 Å². The fraction of sp³-hybridized carbons (Fsp3) is 0.286. The molecule has 0 unspecified atom stereocenters. The molecular formula is C21H24N4O3. The van der Waals surface area contributed by atoms with E-state index in [1.54, 1.807) is 0 Å². The van der Waals surface area contributed by atoms with E-state index in [9.17, 15) is 9.59 Å². The average Bonchev–Trinajstić information content (AvgIpc) is 3.04. The first-order valence-corrected chi connectivity index (χ1v) is 9.19. The van der Waals surface area contributed by atoms with Crippen molar-refractivity contribution in [2.45, 2.75) is 33.7 Å². The smallest absolute Gasteiger partial charge is 0.276 e. The van der Waals surface area contributed by atoms with Crippen molar-refractivity contribution >= 4 is 22.8 Å². The molecule has 3 aromatic rings. The highest BCUT2D eigenvalue weighted by Gasteiger charge is 2.13. The molecule has 1 aromatic heterocycles. The molecule has 7 heteroatoms. The van der Waals surface area contributed by atoms with Gasteiger partial charge in [-0.3, -0.25) is 20.4 Å². The standard InChI is InChI=1S/C21H24N4O3/c1-4-19-22-16-7-5-6-8-17(16)25(19)12-20(26)23-24-21(27)13-28-18-11-14(2)9-10-15(18)3/h5-11H,4,12-13H2,1-3H3,(H,23,26)(H,24,27). The van der Waals surface area contributed by atoms with Gasteiger partial charge in [0.1, 0.15) is 18.1 Å². The molecule has 0 aliphatic rings. The van der Waals surface area contributed by atoms with E-state index in [-0.39, 0.29) is 19.1 Å². The van der Waals surface area contributed by atoms with Crippen LogP contribution < -0.4 is 15.6 Å². The Morgan fingerprint density at radius 2 is 1.82 bits per heavy atom. The fourth-order valence-corrected chi connectivity index (χ4v) is 2.94. The van der Waals surface area contributed by atoms with Gasteiger partial charge in [0.25, 0.3) is 11.8 Å². The number of carbonyl (C=O) groups excluding carboxylic acids is 2. The molecule has 3 rings (SSSR count). The van der Waals surface area contributed by atoms with Gasteiger partial charge in [0.05, 0.1) is 11.0 Å². The van der Waals surface area contributed by atoms with Crippen molar-refractivity contribution < 1.29 is 14.3 Å². The number of hydrogen-bond acceptors (Lipinski definition) is 4. The molecule has 28 heavy (non-hydrogen) atoms. The van der Waals surface area contributed by atoms with Crippen LogP contribution in [0.25, 0.3) is 11.0 Å². The second-order valence-corrected chi connectivity index (χ2v) is 6.61. The minimum absolute atomic E-state index is 0.0712. The summed E-state index contributed by atoms with van der Waals surface area (Å²) in [7, 11) is 0. The highest BCUT2D eigenvalue weighted by molar-refractivity contribution is 5.84. The van der Waals surface area contributed by atoms with E-state index in [1.807, 2.05) is 67.8 Å². The van der Waals surface area contributed by atoms with Gasteiger partial charge in [-0.05, 0) is 43.2 Å². The fourth-order valence-electron chi connectivity index (χ4n) is 2.94. The van der Waals surface area contributed by atoms with Gasteiger partial charge >= 0.3 is 0 Å². The van der Waals surface area contributed by atoms with Crippen molar-refractivity contribution in [1.82, 2.24) is 20.4 Å². The SMILES string of the molecule is CCc1nc2ccccc2n1CC(=O)NNC(=O)COc1cc(C)ccc1C. The minimum atomic E-state index is -0.430. The molecule has 0 atom stereocenters. The maximum atomic E-state index is 12.3. The molecule has 2 aromatic carbocycles. The number of imidazole rings is 1. The summed E-state index contributed by atoms with van der Waals surface area (Å²) in [5.74, 6) is 0.707. The molecule has 0 radical (unpaired) electrons. The zero-order valence-electron chi connectivity index (χ0n) is 16.3. The number of amides is 2. The number of aromatic nitrogens is 2. The minimum Gasteiger partial charge on any atom is -0.483 e. The van der Waals surface area contributed by atoms with Gasteiger partial charge in [-0.1, -0.05) is 31.2 Å². The van der Waals surface area contributed by atoms with Gasteiger partial charge in [0.2, 0.25) is 0 Å². The number of aryl methyl sites for hydroxylation is 3. The van der Waals surface area contributed by atoms with Crippen LogP contribution in [0.5, 0.6) is 5.75 Å². The lowest BCUT2D eigenvalue weighted by molar-refractivity contribution is -0.130. The van der Waals surface area contributed by atoms with E-state index in [4.69, 9.17) is 4.74 Å². The molecule has 0 spiro atoms. The van der Waals surface area contributed by atoms with Crippen molar-refractivity contribution in [2.24, 2.45) is 0 Å². The van der Waals surface area contributed by atoms with Crippen molar-refractivity contribution in [1.29, 1.82) is 0 Å². The Kier molecular flexibility index (Phi) is 5.93. The molecule has 2 amide bonds. The number of fused-ring (bicyclic) bond motifs is 1. The monoisotopic (exact) mass is 380 g/mol. The van der Waals surface area contributed by atoms with E-state index in [0.29, 0.717) is 12.2 Å². The zero-order valence-corrected chi connectivity index (χ0v) is 16.3. The van der Waals surface area contributed by atoms with Crippen LogP contribution in [0.1, 0.15) is 23.9 Å². The first-order chi connectivity index (χ1) is 13.5. The van der Waals surface area contributed by atoms with Crippen molar-refractivity contribution in [3.63, 3.8) is 0 Å². The van der Waals surface area contributed by atoms with Gasteiger partial charge in [0.15, 0.2) is 6.61 Å². The van der Waals surface area contributed by atoms with E-state index >= 15 is 0 Å². The molecular weight excluding hydrogens is 356 g/mol. The third-order valence-corrected chi connectivity index (χ3v) is 4.40. The number of nitrogens with zero attached hydrogens (tertiary/aromatic N) is 2. The summed E-state index contributed by atoms with van der Waals surface area (Å²) in [6.07, 6.45) is 0.706. The lowest BCUT2D eigenvalue weighted by Crippen LogP contribution is -2.45. The summed E-state index contributed by atoms with van der Waals surface area (Å²) in [5, 5.41) is 0. The molecule has 2 N–H and O–H groups in total. The van der Waals surface area contributed by atoms with Crippen LogP contribution in [0.3, 0.4) is 0 Å². The Labute approximate surface area is 163 Å². The van der Waals surface area contributed by atoms with Gasteiger partial charge in [-0.25, -0.2) is 4.98 Å². The number of ether oxygens (including phenoxy) is 1. The van der Waals surface area contributed by atoms with E-state index in [2.05, 4.69) is 15.8 Å². The number of para-hydroxylation sites is 2. The van der Waals surface area contributed by atoms with Crippen molar-refractivity contribution in [3.8, 4) is 5.75 Å². The first kappa shape index (κ1) is 19.4. The molecule has 1 heterocycles. The molecule has 0 saturated carbocycles. The van der Waals surface area contributed by atoms with Gasteiger partial charge in [-0.15, -0.1) is 0 Å². The number of hydrogen-bond donors (Lipinski definition) is 2. The predicted molar refractivity (Wildman–Crippen MR) is 107 cm³/mol. The van der Waals surface area contributed by atoms with E-state index in [1.165, 1.54) is 0 Å². The number of carbonyl (C=O) groups is 2. The summed E-state index contributed by atoms with van der Waals surface area (Å²) < 4.78 is 7.38. The van der Waals surface area contributed by atoms with Crippen LogP contribution in [0.2, 0.25) is 0 Å². The summed E-state index contributed by atoms with van der Waals surface area (Å²) in [6.45, 7) is 5.74. The van der Waals surface area contributed by atoms with Gasteiger partial charge in [0, 0.05) is 6.42 Å². The highest BCUT2D eigenvalue weighted by Crippen LogP contribution is 2.19. The zero-order chi connectivity index (χ0) is 20.1. The highest BCUT2D eigenvalue weighted by atomic mass is 16.5. The van der Waals surface area contributed by atoms with E-state index < -0.39 is 5.91 Å². The summed E-state index contributed by atoms with van der Waals surface area (Å²) in [6, 6.07) is 13.4. The second kappa shape index (κ2) is 8.56. The Bertz CT molecular complexity index is 1010. The van der Waals surface area contributed by atoms with Crippen LogP contribution >= 0.6 is 0 Å². The molecule has 0 saturated heterocycles. The Morgan fingerprint density at radius 1 is 1.07 bits per heavy atom. The van der Waals surface area contributed by atoms with E-state index in [0.717, 1.165) is 28.0 Å². The average molecular weight is 380 g/mol. The van der Waals surface area contributed by atoms with Gasteiger partial charge in [-0.2, -0.15) is 0 Å². The number of hydrazine groups is 1. The van der Waals surface area contributed by atoms with Gasteiger partial charge < -0.3 is 9.30 Å². The van der Waals surface area contributed by atoms with Crippen LogP contribution in [0.15, 0.2) is 42.5 Å². The Morgan fingerprint density at radius 3 is 2.61 bits per heavy atom. The third-order valence-electron chi connectivity index (χ3n) is 4.40. The summed E-state index contributed by atoms with van der Waals surface area (Å²) >= 11 is 0. The topological polar surface area (TPSA) is 85.3 Å². The normalized spacial score (nSPS) is 10.7. The largest absolute Gasteiger partial charge is 0.483 e. The molecule has 146 valence electrons. The number of rotatable bonds is 6. The maximum Gasteiger partial charge on any atom is 0.276 e. The van der Waals surface area contributed by atoms with Crippen molar-refractivity contribution in [3.05, 3.63) is 59.4 Å². The molecule has 0 fully saturated rings.